The molecular weight excluding hydrogens is 440 g/mol. The number of methoxy groups -OCH3 is 1. The van der Waals surface area contributed by atoms with E-state index in [9.17, 15) is 4.79 Å². The summed E-state index contributed by atoms with van der Waals surface area (Å²) in [6.45, 7) is 4.25. The van der Waals surface area contributed by atoms with Crippen molar-refractivity contribution in [2.45, 2.75) is 20.4 Å². The predicted molar refractivity (Wildman–Crippen MR) is 128 cm³/mol. The van der Waals surface area contributed by atoms with E-state index in [4.69, 9.17) is 21.1 Å². The second kappa shape index (κ2) is 9.75. The van der Waals surface area contributed by atoms with Gasteiger partial charge in [-0.1, -0.05) is 41.4 Å². The van der Waals surface area contributed by atoms with E-state index < -0.39 is 0 Å². The van der Waals surface area contributed by atoms with E-state index in [1.807, 2.05) is 31.2 Å². The van der Waals surface area contributed by atoms with Crippen LogP contribution in [0, 0.1) is 13.8 Å². The van der Waals surface area contributed by atoms with Crippen LogP contribution in [0.15, 0.2) is 66.9 Å². The molecule has 8 heteroatoms. The van der Waals surface area contributed by atoms with E-state index >= 15 is 0 Å². The summed E-state index contributed by atoms with van der Waals surface area (Å²) < 4.78 is 12.6. The van der Waals surface area contributed by atoms with Crippen LogP contribution in [0.4, 0.5) is 5.69 Å². The zero-order chi connectivity index (χ0) is 23.4. The van der Waals surface area contributed by atoms with Gasteiger partial charge in [-0.15, -0.1) is 0 Å². The summed E-state index contributed by atoms with van der Waals surface area (Å²) in [6, 6.07) is 18.6. The molecule has 0 aliphatic carbocycles. The Hall–Kier alpha value is -3.84. The third-order valence-electron chi connectivity index (χ3n) is 5.04. The molecule has 0 spiro atoms. The Bertz CT molecular complexity index is 1270. The molecule has 0 bridgehead atoms. The van der Waals surface area contributed by atoms with Crippen LogP contribution in [-0.4, -0.2) is 27.8 Å². The molecule has 4 rings (SSSR count). The fourth-order valence-corrected chi connectivity index (χ4v) is 3.61. The summed E-state index contributed by atoms with van der Waals surface area (Å²) in [7, 11) is 1.60. The number of benzene rings is 2. The van der Waals surface area contributed by atoms with Crippen LogP contribution in [0.3, 0.4) is 0 Å². The monoisotopic (exact) mass is 462 g/mol. The van der Waals surface area contributed by atoms with Crippen LogP contribution in [0.5, 0.6) is 17.4 Å². The Morgan fingerprint density at radius 1 is 1.03 bits per heavy atom. The summed E-state index contributed by atoms with van der Waals surface area (Å²) in [4.78, 5) is 17.4. The predicted octanol–water partition coefficient (Wildman–Crippen LogP) is 5.65. The first kappa shape index (κ1) is 22.4. The molecule has 1 N–H and O–H groups in total. The van der Waals surface area contributed by atoms with E-state index in [2.05, 4.69) is 15.4 Å². The lowest BCUT2D eigenvalue weighted by Crippen LogP contribution is -2.14. The van der Waals surface area contributed by atoms with Gasteiger partial charge >= 0.3 is 0 Å². The quantitative estimate of drug-likeness (QED) is 0.384. The van der Waals surface area contributed by atoms with Gasteiger partial charge in [0.25, 0.3) is 5.91 Å². The van der Waals surface area contributed by atoms with Gasteiger partial charge in [-0.2, -0.15) is 5.10 Å². The van der Waals surface area contributed by atoms with Crippen molar-refractivity contribution < 1.29 is 14.3 Å². The highest BCUT2D eigenvalue weighted by atomic mass is 35.5. The number of aryl methyl sites for hydroxylation is 2. The zero-order valence-electron chi connectivity index (χ0n) is 18.5. The Kier molecular flexibility index (Phi) is 6.60. The molecule has 0 aliphatic heterocycles. The molecular formula is C25H23ClN4O3. The molecule has 0 unspecified atom stereocenters. The SMILES string of the molecule is COc1ccc(Oc2ncccc2NC(=O)c2c(C)nn(Cc3ccc(C)cc3)c2Cl)cc1. The van der Waals surface area contributed by atoms with Crippen molar-refractivity contribution in [2.75, 3.05) is 12.4 Å². The van der Waals surface area contributed by atoms with Crippen LogP contribution < -0.4 is 14.8 Å². The molecule has 0 radical (unpaired) electrons. The van der Waals surface area contributed by atoms with Gasteiger partial charge in [-0.25, -0.2) is 9.67 Å². The van der Waals surface area contributed by atoms with Gasteiger partial charge in [-0.05, 0) is 55.8 Å². The van der Waals surface area contributed by atoms with Gasteiger partial charge in [0, 0.05) is 6.20 Å². The van der Waals surface area contributed by atoms with E-state index in [0.29, 0.717) is 35.0 Å². The van der Waals surface area contributed by atoms with Gasteiger partial charge in [-0.3, -0.25) is 4.79 Å². The summed E-state index contributed by atoms with van der Waals surface area (Å²) in [5.74, 6) is 1.15. The molecule has 7 nitrogen and oxygen atoms in total. The fourth-order valence-electron chi connectivity index (χ4n) is 3.29. The van der Waals surface area contributed by atoms with Gasteiger partial charge < -0.3 is 14.8 Å². The normalized spacial score (nSPS) is 10.7. The van der Waals surface area contributed by atoms with Crippen LogP contribution in [-0.2, 0) is 6.54 Å². The van der Waals surface area contributed by atoms with E-state index in [-0.39, 0.29) is 16.9 Å². The maximum atomic E-state index is 13.1. The Balaban J connectivity index is 1.54. The van der Waals surface area contributed by atoms with Crippen LogP contribution >= 0.6 is 11.6 Å². The number of nitrogens with zero attached hydrogens (tertiary/aromatic N) is 3. The molecule has 0 aliphatic rings. The van der Waals surface area contributed by atoms with Crippen molar-refractivity contribution in [3.05, 3.63) is 94.4 Å². The summed E-state index contributed by atoms with van der Waals surface area (Å²) >= 11 is 6.55. The van der Waals surface area contributed by atoms with Gasteiger partial charge in [0.15, 0.2) is 0 Å². The topological polar surface area (TPSA) is 78.3 Å². The number of ether oxygens (including phenoxy) is 2. The second-order valence-corrected chi connectivity index (χ2v) is 7.84. The first-order chi connectivity index (χ1) is 15.9. The minimum absolute atomic E-state index is 0.261. The molecule has 0 saturated carbocycles. The average Bonchev–Trinajstić information content (AvgIpc) is 3.09. The lowest BCUT2D eigenvalue weighted by atomic mass is 10.1. The number of halogens is 1. The average molecular weight is 463 g/mol. The number of rotatable bonds is 7. The summed E-state index contributed by atoms with van der Waals surface area (Å²) in [5, 5.41) is 7.58. The molecule has 0 saturated heterocycles. The van der Waals surface area contributed by atoms with Gasteiger partial charge in [0.1, 0.15) is 22.3 Å². The Morgan fingerprint density at radius 3 is 2.42 bits per heavy atom. The molecule has 2 aromatic carbocycles. The fraction of sp³-hybridized carbons (Fsp3) is 0.160. The maximum Gasteiger partial charge on any atom is 0.260 e. The van der Waals surface area contributed by atoms with Crippen LogP contribution in [0.2, 0.25) is 5.15 Å². The van der Waals surface area contributed by atoms with Gasteiger partial charge in [0.2, 0.25) is 5.88 Å². The van der Waals surface area contributed by atoms with E-state index in [1.165, 1.54) is 5.56 Å². The standard InChI is InChI=1S/C25H23ClN4O3/c1-16-6-8-18(9-7-16)15-30-23(26)22(17(2)29-30)24(31)28-21-5-4-14-27-25(21)33-20-12-10-19(32-3)11-13-20/h4-14H,15H2,1-3H3,(H,28,31). The highest BCUT2D eigenvalue weighted by Gasteiger charge is 2.22. The number of nitrogens with one attached hydrogen (secondary N) is 1. The molecule has 168 valence electrons. The lowest BCUT2D eigenvalue weighted by molar-refractivity contribution is 0.102. The summed E-state index contributed by atoms with van der Waals surface area (Å²) in [5.41, 5.74) is 3.47. The number of aromatic nitrogens is 3. The van der Waals surface area contributed by atoms with Crippen molar-refractivity contribution in [1.29, 1.82) is 0 Å². The van der Waals surface area contributed by atoms with Crippen molar-refractivity contribution >= 4 is 23.2 Å². The molecule has 2 aromatic heterocycles. The minimum Gasteiger partial charge on any atom is -0.497 e. The number of carbonyl (C=O) groups is 1. The van der Waals surface area contributed by atoms with Crippen LogP contribution in [0.1, 0.15) is 27.2 Å². The number of pyridine rings is 1. The maximum absolute atomic E-state index is 13.1. The van der Waals surface area contributed by atoms with Crippen molar-refractivity contribution in [1.82, 2.24) is 14.8 Å². The highest BCUT2D eigenvalue weighted by Crippen LogP contribution is 2.29. The first-order valence-corrected chi connectivity index (χ1v) is 10.7. The number of anilines is 1. The molecule has 1 amide bonds. The van der Waals surface area contributed by atoms with E-state index in [0.717, 1.165) is 5.56 Å². The third-order valence-corrected chi connectivity index (χ3v) is 5.42. The zero-order valence-corrected chi connectivity index (χ0v) is 19.3. The highest BCUT2D eigenvalue weighted by molar-refractivity contribution is 6.33. The third kappa shape index (κ3) is 5.15. The van der Waals surface area contributed by atoms with E-state index in [1.54, 1.807) is 61.3 Å². The smallest absolute Gasteiger partial charge is 0.260 e. The Morgan fingerprint density at radius 2 is 1.73 bits per heavy atom. The molecule has 0 atom stereocenters. The molecule has 33 heavy (non-hydrogen) atoms. The Labute approximate surface area is 196 Å². The van der Waals surface area contributed by atoms with Crippen molar-refractivity contribution in [2.24, 2.45) is 0 Å². The van der Waals surface area contributed by atoms with Crippen molar-refractivity contribution in [3.8, 4) is 17.4 Å². The second-order valence-electron chi connectivity index (χ2n) is 7.48. The van der Waals surface area contributed by atoms with Gasteiger partial charge in [0.05, 0.1) is 24.9 Å². The number of carbonyl (C=O) groups excluding carboxylic acids is 1. The molecule has 4 aromatic rings. The number of amides is 1. The number of hydrogen-bond donors (Lipinski definition) is 1. The van der Waals surface area contributed by atoms with Crippen LogP contribution in [0.25, 0.3) is 0 Å². The first-order valence-electron chi connectivity index (χ1n) is 10.3. The molecule has 2 heterocycles. The minimum atomic E-state index is -0.389. The molecule has 0 fully saturated rings. The van der Waals surface area contributed by atoms with Crippen molar-refractivity contribution in [3.63, 3.8) is 0 Å². The lowest BCUT2D eigenvalue weighted by Gasteiger charge is -2.11. The summed E-state index contributed by atoms with van der Waals surface area (Å²) in [6.07, 6.45) is 1.59. The largest absolute Gasteiger partial charge is 0.497 e. The number of hydrogen-bond acceptors (Lipinski definition) is 5.